The van der Waals surface area contributed by atoms with Gasteiger partial charge < -0.3 is 14.4 Å². The van der Waals surface area contributed by atoms with Crippen LogP contribution in [0.4, 0.5) is 5.82 Å². The maximum Gasteiger partial charge on any atom is 0.329 e. The van der Waals surface area contributed by atoms with Gasteiger partial charge in [-0.15, -0.1) is 0 Å². The highest BCUT2D eigenvalue weighted by Crippen LogP contribution is 2.29. The quantitative estimate of drug-likeness (QED) is 0.779. The third kappa shape index (κ3) is 3.60. The average Bonchev–Trinajstić information content (AvgIpc) is 2.61. The summed E-state index contributed by atoms with van der Waals surface area (Å²) in [6.45, 7) is 7.13. The molecule has 0 bridgehead atoms. The van der Waals surface area contributed by atoms with Crippen LogP contribution in [0.1, 0.15) is 32.4 Å². The fraction of sp³-hybridized carbons (Fsp3) is 0.474. The van der Waals surface area contributed by atoms with Crippen molar-refractivity contribution in [2.45, 2.75) is 38.9 Å². The number of aromatic nitrogens is 2. The topological polar surface area (TPSA) is 88.3 Å². The number of ether oxygens (including phenoxy) is 2. The first kappa shape index (κ1) is 18.1. The van der Waals surface area contributed by atoms with Crippen LogP contribution >= 0.6 is 0 Å². The van der Waals surface area contributed by atoms with Crippen LogP contribution in [0.3, 0.4) is 0 Å². The summed E-state index contributed by atoms with van der Waals surface area (Å²) < 4.78 is 10.9. The molecule has 7 nitrogen and oxygen atoms in total. The maximum atomic E-state index is 12.3. The number of anilines is 1. The lowest BCUT2D eigenvalue weighted by Gasteiger charge is -2.37. The second-order valence-electron chi connectivity index (χ2n) is 6.40. The average molecular weight is 354 g/mol. The summed E-state index contributed by atoms with van der Waals surface area (Å²) >= 11 is 0. The van der Waals surface area contributed by atoms with Gasteiger partial charge in [-0.2, -0.15) is 5.26 Å². The minimum atomic E-state index is -1.12. The Morgan fingerprint density at radius 1 is 1.31 bits per heavy atom. The Bertz CT molecular complexity index is 838. The fourth-order valence-electron chi connectivity index (χ4n) is 3.23. The number of nitrogens with zero attached hydrogens (tertiary/aromatic N) is 4. The van der Waals surface area contributed by atoms with Gasteiger partial charge in [-0.3, -0.25) is 4.79 Å². The van der Waals surface area contributed by atoms with Crippen LogP contribution in [-0.4, -0.2) is 47.8 Å². The molecule has 1 fully saturated rings. The van der Waals surface area contributed by atoms with E-state index in [2.05, 4.69) is 4.98 Å². The Morgan fingerprint density at radius 2 is 1.92 bits per heavy atom. The molecule has 1 aromatic carbocycles. The first-order chi connectivity index (χ1) is 12.5. The third-order valence-electron chi connectivity index (χ3n) is 4.22. The third-order valence-corrected chi connectivity index (χ3v) is 4.22. The molecule has 0 unspecified atom stereocenters. The van der Waals surface area contributed by atoms with Gasteiger partial charge in [0.05, 0.1) is 35.9 Å². The predicted octanol–water partition coefficient (Wildman–Crippen LogP) is 2.41. The molecule has 7 heteroatoms. The van der Waals surface area contributed by atoms with E-state index in [9.17, 15) is 10.1 Å². The van der Waals surface area contributed by atoms with Crippen molar-refractivity contribution in [3.05, 3.63) is 30.0 Å². The van der Waals surface area contributed by atoms with Gasteiger partial charge in [0, 0.05) is 13.1 Å². The van der Waals surface area contributed by atoms with Gasteiger partial charge in [0.25, 0.3) is 0 Å². The monoisotopic (exact) mass is 354 g/mol. The van der Waals surface area contributed by atoms with Gasteiger partial charge in [0.1, 0.15) is 5.69 Å². The zero-order valence-corrected chi connectivity index (χ0v) is 15.2. The minimum absolute atomic E-state index is 0.0167. The summed E-state index contributed by atoms with van der Waals surface area (Å²) in [6.07, 6.45) is 0.0333. The smallest absolute Gasteiger partial charge is 0.329 e. The predicted molar refractivity (Wildman–Crippen MR) is 96.7 cm³/mol. The normalized spacial score (nSPS) is 21.2. The molecule has 1 aliphatic rings. The van der Waals surface area contributed by atoms with Crippen molar-refractivity contribution < 1.29 is 14.3 Å². The standard InChI is InChI=1S/C19H22N4O3/c1-4-25-19(24)14(9-20)17-18(23-10-12(2)26-13(3)11-23)22-16-8-6-5-7-15(16)21-17/h5-8,12-14H,4,10-11H2,1-3H3/t12-,13+,14-/m1/s1. The lowest BCUT2D eigenvalue weighted by molar-refractivity contribution is -0.143. The van der Waals surface area contributed by atoms with Crippen LogP contribution in [0.2, 0.25) is 0 Å². The van der Waals surface area contributed by atoms with Crippen LogP contribution in [0.15, 0.2) is 24.3 Å². The molecule has 3 atom stereocenters. The Kier molecular flexibility index (Phi) is 5.33. The second kappa shape index (κ2) is 7.67. The number of nitriles is 1. The summed E-state index contributed by atoms with van der Waals surface area (Å²) in [7, 11) is 0. The van der Waals surface area contributed by atoms with Gasteiger partial charge in [0.15, 0.2) is 11.7 Å². The number of benzene rings is 1. The van der Waals surface area contributed by atoms with Crippen molar-refractivity contribution in [3.63, 3.8) is 0 Å². The Hall–Kier alpha value is -2.72. The largest absolute Gasteiger partial charge is 0.465 e. The SMILES string of the molecule is CCOC(=O)[C@H](C#N)c1nc2ccccc2nc1N1C[C@@H](C)O[C@@H](C)C1. The number of para-hydroxylation sites is 2. The molecule has 3 rings (SSSR count). The maximum absolute atomic E-state index is 12.3. The molecule has 1 aromatic heterocycles. The molecular formula is C19H22N4O3. The molecule has 1 saturated heterocycles. The lowest BCUT2D eigenvalue weighted by Crippen LogP contribution is -2.46. The van der Waals surface area contributed by atoms with E-state index in [0.717, 1.165) is 5.52 Å². The van der Waals surface area contributed by atoms with E-state index >= 15 is 0 Å². The second-order valence-corrected chi connectivity index (χ2v) is 6.40. The number of rotatable bonds is 4. The van der Waals surface area contributed by atoms with Crippen molar-refractivity contribution in [2.24, 2.45) is 0 Å². The first-order valence-electron chi connectivity index (χ1n) is 8.76. The molecule has 0 aliphatic carbocycles. The summed E-state index contributed by atoms with van der Waals surface area (Å²) in [5.74, 6) is -1.17. The van der Waals surface area contributed by atoms with Gasteiger partial charge in [-0.25, -0.2) is 9.97 Å². The van der Waals surface area contributed by atoms with Crippen LogP contribution in [0, 0.1) is 11.3 Å². The van der Waals surface area contributed by atoms with Crippen molar-refractivity contribution in [1.29, 1.82) is 5.26 Å². The summed E-state index contributed by atoms with van der Waals surface area (Å²) in [5.41, 5.74) is 1.70. The van der Waals surface area contributed by atoms with E-state index in [1.165, 1.54) is 0 Å². The van der Waals surface area contributed by atoms with Gasteiger partial charge in [0.2, 0.25) is 0 Å². The highest BCUT2D eigenvalue weighted by atomic mass is 16.5. The van der Waals surface area contributed by atoms with Gasteiger partial charge in [-0.1, -0.05) is 12.1 Å². The van der Waals surface area contributed by atoms with Gasteiger partial charge in [-0.05, 0) is 32.9 Å². The van der Waals surface area contributed by atoms with E-state index in [4.69, 9.17) is 14.5 Å². The van der Waals surface area contributed by atoms with Crippen molar-refractivity contribution in [1.82, 2.24) is 9.97 Å². The Labute approximate surface area is 152 Å². The first-order valence-corrected chi connectivity index (χ1v) is 8.76. The molecule has 2 aromatic rings. The highest BCUT2D eigenvalue weighted by molar-refractivity contribution is 5.85. The number of fused-ring (bicyclic) bond motifs is 1. The molecule has 0 radical (unpaired) electrons. The molecule has 0 amide bonds. The van der Waals surface area contributed by atoms with Crippen LogP contribution in [0.5, 0.6) is 0 Å². The molecule has 0 saturated carbocycles. The molecule has 26 heavy (non-hydrogen) atoms. The zero-order chi connectivity index (χ0) is 18.7. The molecule has 0 spiro atoms. The van der Waals surface area contributed by atoms with E-state index in [1.807, 2.05) is 49.1 Å². The molecule has 0 N–H and O–H groups in total. The number of esters is 1. The van der Waals surface area contributed by atoms with E-state index in [0.29, 0.717) is 30.1 Å². The van der Waals surface area contributed by atoms with E-state index in [1.54, 1.807) is 6.92 Å². The Morgan fingerprint density at radius 3 is 2.50 bits per heavy atom. The van der Waals surface area contributed by atoms with Gasteiger partial charge >= 0.3 is 5.97 Å². The zero-order valence-electron chi connectivity index (χ0n) is 15.2. The van der Waals surface area contributed by atoms with Crippen molar-refractivity contribution in [2.75, 3.05) is 24.6 Å². The molecule has 136 valence electrons. The number of hydrogen-bond donors (Lipinski definition) is 0. The number of carbonyl (C=O) groups is 1. The molecule has 2 heterocycles. The summed E-state index contributed by atoms with van der Waals surface area (Å²) in [5, 5.41) is 9.61. The Balaban J connectivity index is 2.13. The van der Waals surface area contributed by atoms with E-state index in [-0.39, 0.29) is 18.8 Å². The summed E-state index contributed by atoms with van der Waals surface area (Å²) in [6, 6.07) is 9.46. The lowest BCUT2D eigenvalue weighted by atomic mass is 10.1. The number of carbonyl (C=O) groups excluding carboxylic acids is 1. The minimum Gasteiger partial charge on any atom is -0.465 e. The van der Waals surface area contributed by atoms with E-state index < -0.39 is 11.9 Å². The number of hydrogen-bond acceptors (Lipinski definition) is 7. The van der Waals surface area contributed by atoms with Crippen LogP contribution in [0.25, 0.3) is 11.0 Å². The van der Waals surface area contributed by atoms with Crippen LogP contribution < -0.4 is 4.90 Å². The van der Waals surface area contributed by atoms with Crippen molar-refractivity contribution >= 4 is 22.8 Å². The van der Waals surface area contributed by atoms with Crippen molar-refractivity contribution in [3.8, 4) is 6.07 Å². The van der Waals surface area contributed by atoms with Crippen LogP contribution in [-0.2, 0) is 14.3 Å². The molecular weight excluding hydrogens is 332 g/mol. The summed E-state index contributed by atoms with van der Waals surface area (Å²) in [4.78, 5) is 23.7. The number of morpholine rings is 1. The fourth-order valence-corrected chi connectivity index (χ4v) is 3.23. The molecule has 1 aliphatic heterocycles. The highest BCUT2D eigenvalue weighted by Gasteiger charge is 2.32.